The van der Waals surface area contributed by atoms with E-state index in [9.17, 15) is 4.79 Å². The van der Waals surface area contributed by atoms with Gasteiger partial charge in [0.2, 0.25) is 5.75 Å². The van der Waals surface area contributed by atoms with Gasteiger partial charge < -0.3 is 19.0 Å². The standard InChI is InChI=1S/C14H14ClNO5/c1-18-11-5-4-8(12(19-2)13(11)20-3)6-9-10(7-15)16-21-14(9)17/h4-6H,7H2,1-3H3/b9-6+. The molecule has 1 aliphatic rings. The average molecular weight is 312 g/mol. The predicted molar refractivity (Wildman–Crippen MR) is 78.3 cm³/mol. The SMILES string of the molecule is COc1ccc(/C=C2/C(=O)ON=C2CCl)c(OC)c1OC. The summed E-state index contributed by atoms with van der Waals surface area (Å²) in [5.41, 5.74) is 1.29. The number of methoxy groups -OCH3 is 3. The molecule has 1 heterocycles. The van der Waals surface area contributed by atoms with Crippen molar-refractivity contribution in [2.24, 2.45) is 5.16 Å². The van der Waals surface area contributed by atoms with Crippen LogP contribution in [0.4, 0.5) is 0 Å². The second-order valence-corrected chi connectivity index (χ2v) is 4.30. The first kappa shape index (κ1) is 15.2. The van der Waals surface area contributed by atoms with Crippen molar-refractivity contribution in [1.29, 1.82) is 0 Å². The molecule has 21 heavy (non-hydrogen) atoms. The number of alkyl halides is 1. The van der Waals surface area contributed by atoms with E-state index in [4.69, 9.17) is 25.8 Å². The molecule has 0 amide bonds. The minimum atomic E-state index is -0.553. The molecule has 0 bridgehead atoms. The summed E-state index contributed by atoms with van der Waals surface area (Å²) in [7, 11) is 4.54. The van der Waals surface area contributed by atoms with Crippen LogP contribution >= 0.6 is 11.6 Å². The smallest absolute Gasteiger partial charge is 0.367 e. The van der Waals surface area contributed by atoms with Crippen LogP contribution in [0.3, 0.4) is 0 Å². The Hall–Kier alpha value is -2.21. The van der Waals surface area contributed by atoms with Crippen molar-refractivity contribution < 1.29 is 23.8 Å². The van der Waals surface area contributed by atoms with Crippen LogP contribution in [-0.2, 0) is 9.63 Å². The molecule has 0 radical (unpaired) electrons. The molecular formula is C14H14ClNO5. The minimum Gasteiger partial charge on any atom is -0.493 e. The Morgan fingerprint density at radius 3 is 2.48 bits per heavy atom. The number of hydrogen-bond donors (Lipinski definition) is 0. The van der Waals surface area contributed by atoms with Crippen LogP contribution in [0.5, 0.6) is 17.2 Å². The zero-order valence-corrected chi connectivity index (χ0v) is 12.6. The predicted octanol–water partition coefficient (Wildman–Crippen LogP) is 2.25. The third-order valence-electron chi connectivity index (χ3n) is 2.93. The number of benzene rings is 1. The maximum absolute atomic E-state index is 11.7. The van der Waals surface area contributed by atoms with Crippen LogP contribution in [0.15, 0.2) is 22.9 Å². The fourth-order valence-electron chi connectivity index (χ4n) is 1.94. The van der Waals surface area contributed by atoms with Gasteiger partial charge in [-0.05, 0) is 18.2 Å². The lowest BCUT2D eigenvalue weighted by atomic mass is 10.1. The first-order valence-electron chi connectivity index (χ1n) is 6.01. The summed E-state index contributed by atoms with van der Waals surface area (Å²) in [6.07, 6.45) is 1.59. The van der Waals surface area contributed by atoms with Gasteiger partial charge >= 0.3 is 5.97 Å². The number of oxime groups is 1. The highest BCUT2D eigenvalue weighted by atomic mass is 35.5. The summed E-state index contributed by atoms with van der Waals surface area (Å²) in [6.45, 7) is 0. The van der Waals surface area contributed by atoms with Crippen LogP contribution in [-0.4, -0.2) is 38.9 Å². The quantitative estimate of drug-likeness (QED) is 0.474. The number of rotatable bonds is 5. The van der Waals surface area contributed by atoms with E-state index in [0.29, 0.717) is 28.5 Å². The Bertz CT molecular complexity index is 624. The average Bonchev–Trinajstić information content (AvgIpc) is 2.86. The number of nitrogens with zero attached hydrogens (tertiary/aromatic N) is 1. The Kier molecular flexibility index (Phi) is 4.70. The van der Waals surface area contributed by atoms with E-state index in [0.717, 1.165) is 0 Å². The Labute approximate surface area is 126 Å². The van der Waals surface area contributed by atoms with E-state index in [1.54, 1.807) is 18.2 Å². The molecule has 0 fully saturated rings. The van der Waals surface area contributed by atoms with E-state index in [1.165, 1.54) is 21.3 Å². The highest BCUT2D eigenvalue weighted by molar-refractivity contribution is 6.38. The Morgan fingerprint density at radius 2 is 1.90 bits per heavy atom. The second kappa shape index (κ2) is 6.49. The van der Waals surface area contributed by atoms with Crippen molar-refractivity contribution in [2.45, 2.75) is 0 Å². The summed E-state index contributed by atoms with van der Waals surface area (Å²) < 4.78 is 15.8. The zero-order valence-electron chi connectivity index (χ0n) is 11.8. The van der Waals surface area contributed by atoms with Gasteiger partial charge in [0, 0.05) is 5.56 Å². The maximum atomic E-state index is 11.7. The summed E-state index contributed by atoms with van der Waals surface area (Å²) >= 11 is 5.73. The van der Waals surface area contributed by atoms with Gasteiger partial charge in [-0.1, -0.05) is 5.16 Å². The molecule has 0 aromatic heterocycles. The molecule has 1 aromatic carbocycles. The number of hydrogen-bond acceptors (Lipinski definition) is 6. The van der Waals surface area contributed by atoms with Gasteiger partial charge in [0.1, 0.15) is 5.71 Å². The van der Waals surface area contributed by atoms with Gasteiger partial charge in [0.15, 0.2) is 11.5 Å². The van der Waals surface area contributed by atoms with Crippen molar-refractivity contribution in [1.82, 2.24) is 0 Å². The van der Waals surface area contributed by atoms with E-state index in [1.807, 2.05) is 0 Å². The van der Waals surface area contributed by atoms with Gasteiger partial charge in [0.05, 0.1) is 32.8 Å². The number of carbonyl (C=O) groups excluding carboxylic acids is 1. The van der Waals surface area contributed by atoms with E-state index in [-0.39, 0.29) is 11.5 Å². The summed E-state index contributed by atoms with van der Waals surface area (Å²) in [5.74, 6) is 0.926. The van der Waals surface area contributed by atoms with E-state index in [2.05, 4.69) is 9.99 Å². The van der Waals surface area contributed by atoms with Crippen LogP contribution in [0, 0.1) is 0 Å². The third-order valence-corrected chi connectivity index (χ3v) is 3.18. The lowest BCUT2D eigenvalue weighted by Crippen LogP contribution is -2.07. The third kappa shape index (κ3) is 2.80. The second-order valence-electron chi connectivity index (χ2n) is 4.03. The topological polar surface area (TPSA) is 66.4 Å². The molecule has 0 saturated heterocycles. The van der Waals surface area contributed by atoms with Crippen molar-refractivity contribution in [3.05, 3.63) is 23.3 Å². The highest BCUT2D eigenvalue weighted by Gasteiger charge is 2.26. The molecular weight excluding hydrogens is 298 g/mol. The summed E-state index contributed by atoms with van der Waals surface area (Å²) in [4.78, 5) is 16.3. The molecule has 0 saturated carbocycles. The van der Waals surface area contributed by atoms with Gasteiger partial charge in [-0.15, -0.1) is 11.6 Å². The number of carbonyl (C=O) groups is 1. The van der Waals surface area contributed by atoms with Crippen LogP contribution < -0.4 is 14.2 Å². The van der Waals surface area contributed by atoms with Crippen LogP contribution in [0.1, 0.15) is 5.56 Å². The fraction of sp³-hybridized carbons (Fsp3) is 0.286. The Morgan fingerprint density at radius 1 is 1.19 bits per heavy atom. The normalized spacial score (nSPS) is 15.7. The summed E-state index contributed by atoms with van der Waals surface area (Å²) in [5, 5.41) is 3.61. The first-order chi connectivity index (χ1) is 10.2. The van der Waals surface area contributed by atoms with Crippen molar-refractivity contribution >= 4 is 29.4 Å². The molecule has 7 heteroatoms. The van der Waals surface area contributed by atoms with Gasteiger partial charge in [0.25, 0.3) is 0 Å². The monoisotopic (exact) mass is 311 g/mol. The lowest BCUT2D eigenvalue weighted by molar-refractivity contribution is -0.136. The molecule has 6 nitrogen and oxygen atoms in total. The maximum Gasteiger partial charge on any atom is 0.367 e. The molecule has 2 rings (SSSR count). The van der Waals surface area contributed by atoms with Crippen molar-refractivity contribution in [3.8, 4) is 17.2 Å². The first-order valence-corrected chi connectivity index (χ1v) is 6.54. The molecule has 0 spiro atoms. The zero-order chi connectivity index (χ0) is 15.4. The van der Waals surface area contributed by atoms with Crippen LogP contribution in [0.25, 0.3) is 6.08 Å². The fourth-order valence-corrected chi connectivity index (χ4v) is 2.14. The molecule has 0 N–H and O–H groups in total. The molecule has 112 valence electrons. The number of ether oxygens (including phenoxy) is 3. The van der Waals surface area contributed by atoms with E-state index >= 15 is 0 Å². The molecule has 1 aromatic rings. The number of halogens is 1. The van der Waals surface area contributed by atoms with Gasteiger partial charge in [-0.25, -0.2) is 4.79 Å². The van der Waals surface area contributed by atoms with E-state index < -0.39 is 5.97 Å². The Balaban J connectivity index is 2.54. The summed E-state index contributed by atoms with van der Waals surface area (Å²) in [6, 6.07) is 3.45. The molecule has 0 unspecified atom stereocenters. The van der Waals surface area contributed by atoms with Crippen molar-refractivity contribution in [3.63, 3.8) is 0 Å². The lowest BCUT2D eigenvalue weighted by Gasteiger charge is -2.14. The van der Waals surface area contributed by atoms with Crippen molar-refractivity contribution in [2.75, 3.05) is 27.2 Å². The highest BCUT2D eigenvalue weighted by Crippen LogP contribution is 2.40. The molecule has 1 aliphatic heterocycles. The molecule has 0 aliphatic carbocycles. The molecule has 0 atom stereocenters. The largest absolute Gasteiger partial charge is 0.493 e. The van der Waals surface area contributed by atoms with Gasteiger partial charge in [-0.3, -0.25) is 0 Å². The minimum absolute atomic E-state index is 0.0766. The van der Waals surface area contributed by atoms with Gasteiger partial charge in [-0.2, -0.15) is 0 Å². The van der Waals surface area contributed by atoms with Crippen LogP contribution in [0.2, 0.25) is 0 Å².